The number of rotatable bonds is 4. The topological polar surface area (TPSA) is 18.5 Å². The third-order valence-electron chi connectivity index (χ3n) is 2.63. The maximum atomic E-state index is 5.37. The van der Waals surface area contributed by atoms with Crippen molar-refractivity contribution in [2.45, 2.75) is 33.1 Å². The standard InChI is InChI=1S/C13H20O2/c1-6-10-7-11(9(2)3)8-12(14-4)13(10)15-5/h7-9H,6H2,1-5H3. The minimum Gasteiger partial charge on any atom is -0.493 e. The average Bonchev–Trinajstić information content (AvgIpc) is 2.26. The molecule has 0 bridgehead atoms. The van der Waals surface area contributed by atoms with Crippen LogP contribution >= 0.6 is 0 Å². The molecule has 15 heavy (non-hydrogen) atoms. The molecule has 0 saturated heterocycles. The van der Waals surface area contributed by atoms with Crippen LogP contribution in [0.1, 0.15) is 37.8 Å². The summed E-state index contributed by atoms with van der Waals surface area (Å²) in [7, 11) is 3.37. The van der Waals surface area contributed by atoms with Crippen molar-refractivity contribution in [2.24, 2.45) is 0 Å². The Hall–Kier alpha value is -1.18. The molecule has 84 valence electrons. The van der Waals surface area contributed by atoms with Crippen LogP contribution in [0.2, 0.25) is 0 Å². The summed E-state index contributed by atoms with van der Waals surface area (Å²) in [6, 6.07) is 4.26. The first-order valence-electron chi connectivity index (χ1n) is 5.38. The van der Waals surface area contributed by atoms with Crippen molar-refractivity contribution in [1.82, 2.24) is 0 Å². The Morgan fingerprint density at radius 1 is 1.13 bits per heavy atom. The van der Waals surface area contributed by atoms with Gasteiger partial charge in [0.2, 0.25) is 0 Å². The van der Waals surface area contributed by atoms with Crippen LogP contribution < -0.4 is 9.47 Å². The van der Waals surface area contributed by atoms with E-state index in [0.717, 1.165) is 17.9 Å². The lowest BCUT2D eigenvalue weighted by molar-refractivity contribution is 0.351. The van der Waals surface area contributed by atoms with E-state index in [-0.39, 0.29) is 0 Å². The number of ether oxygens (including phenoxy) is 2. The van der Waals surface area contributed by atoms with Gasteiger partial charge in [0.25, 0.3) is 0 Å². The van der Waals surface area contributed by atoms with Gasteiger partial charge in [-0.3, -0.25) is 0 Å². The molecular formula is C13H20O2. The molecule has 1 aromatic carbocycles. The van der Waals surface area contributed by atoms with Gasteiger partial charge in [-0.25, -0.2) is 0 Å². The minimum atomic E-state index is 0.509. The first kappa shape index (κ1) is 11.9. The molecule has 0 aromatic heterocycles. The third kappa shape index (κ3) is 2.44. The predicted octanol–water partition coefficient (Wildman–Crippen LogP) is 3.39. The Kier molecular flexibility index (Phi) is 4.01. The van der Waals surface area contributed by atoms with Crippen LogP contribution in [-0.4, -0.2) is 14.2 Å². The van der Waals surface area contributed by atoms with Crippen LogP contribution in [0.25, 0.3) is 0 Å². The Balaban J connectivity index is 3.29. The molecule has 0 spiro atoms. The smallest absolute Gasteiger partial charge is 0.163 e. The summed E-state index contributed by atoms with van der Waals surface area (Å²) in [5, 5.41) is 0. The van der Waals surface area contributed by atoms with E-state index in [1.54, 1.807) is 14.2 Å². The van der Waals surface area contributed by atoms with Crippen LogP contribution in [0, 0.1) is 0 Å². The van der Waals surface area contributed by atoms with E-state index >= 15 is 0 Å². The van der Waals surface area contributed by atoms with Gasteiger partial charge >= 0.3 is 0 Å². The normalized spacial score (nSPS) is 10.5. The van der Waals surface area contributed by atoms with Crippen molar-refractivity contribution in [2.75, 3.05) is 14.2 Å². The zero-order valence-corrected chi connectivity index (χ0v) is 10.3. The molecule has 1 aromatic rings. The summed E-state index contributed by atoms with van der Waals surface area (Å²) in [5.74, 6) is 2.21. The molecule has 2 heteroatoms. The van der Waals surface area contributed by atoms with Gasteiger partial charge in [-0.2, -0.15) is 0 Å². The van der Waals surface area contributed by atoms with Crippen LogP contribution in [0.5, 0.6) is 11.5 Å². The summed E-state index contributed by atoms with van der Waals surface area (Å²) < 4.78 is 10.7. The molecular weight excluding hydrogens is 188 g/mol. The lowest BCUT2D eigenvalue weighted by Gasteiger charge is -2.15. The second-order valence-corrected chi connectivity index (χ2v) is 3.92. The van der Waals surface area contributed by atoms with Crippen molar-refractivity contribution < 1.29 is 9.47 Å². The second-order valence-electron chi connectivity index (χ2n) is 3.92. The number of hydrogen-bond donors (Lipinski definition) is 0. The Labute approximate surface area is 92.2 Å². The fraction of sp³-hybridized carbons (Fsp3) is 0.538. The van der Waals surface area contributed by atoms with Gasteiger partial charge in [-0.05, 0) is 29.5 Å². The third-order valence-corrected chi connectivity index (χ3v) is 2.63. The number of benzene rings is 1. The van der Waals surface area contributed by atoms with Crippen molar-refractivity contribution in [1.29, 1.82) is 0 Å². The molecule has 1 rings (SSSR count). The fourth-order valence-corrected chi connectivity index (χ4v) is 1.66. The summed E-state index contributed by atoms with van der Waals surface area (Å²) in [4.78, 5) is 0. The Morgan fingerprint density at radius 2 is 1.80 bits per heavy atom. The Morgan fingerprint density at radius 3 is 2.20 bits per heavy atom. The molecule has 0 saturated carbocycles. The van der Waals surface area contributed by atoms with Gasteiger partial charge in [-0.1, -0.05) is 26.8 Å². The Bertz CT molecular complexity index is 304. The average molecular weight is 208 g/mol. The van der Waals surface area contributed by atoms with Crippen molar-refractivity contribution in [3.05, 3.63) is 23.3 Å². The quantitative estimate of drug-likeness (QED) is 0.755. The van der Waals surface area contributed by atoms with E-state index < -0.39 is 0 Å². The molecule has 2 nitrogen and oxygen atoms in total. The van der Waals surface area contributed by atoms with Crippen LogP contribution in [0.3, 0.4) is 0 Å². The zero-order chi connectivity index (χ0) is 11.4. The van der Waals surface area contributed by atoms with Crippen LogP contribution in [0.4, 0.5) is 0 Å². The van der Waals surface area contributed by atoms with Crippen LogP contribution in [0.15, 0.2) is 12.1 Å². The first-order valence-corrected chi connectivity index (χ1v) is 5.38. The second kappa shape index (κ2) is 5.06. The van der Waals surface area contributed by atoms with Crippen molar-refractivity contribution in [3.63, 3.8) is 0 Å². The van der Waals surface area contributed by atoms with E-state index in [2.05, 4.69) is 32.9 Å². The highest BCUT2D eigenvalue weighted by molar-refractivity contribution is 5.50. The zero-order valence-electron chi connectivity index (χ0n) is 10.3. The van der Waals surface area contributed by atoms with Gasteiger partial charge in [0.15, 0.2) is 11.5 Å². The molecule has 0 heterocycles. The summed E-state index contributed by atoms with van der Waals surface area (Å²) >= 11 is 0. The molecule has 0 aliphatic rings. The van der Waals surface area contributed by atoms with Gasteiger partial charge < -0.3 is 9.47 Å². The molecule has 0 aliphatic heterocycles. The molecule has 0 fully saturated rings. The number of hydrogen-bond acceptors (Lipinski definition) is 2. The SMILES string of the molecule is CCc1cc(C(C)C)cc(OC)c1OC. The molecule has 0 amide bonds. The van der Waals surface area contributed by atoms with E-state index in [1.807, 2.05) is 0 Å². The number of methoxy groups -OCH3 is 2. The lowest BCUT2D eigenvalue weighted by Crippen LogP contribution is -1.98. The van der Waals surface area contributed by atoms with E-state index in [1.165, 1.54) is 11.1 Å². The molecule has 0 N–H and O–H groups in total. The molecule has 0 aliphatic carbocycles. The fourth-order valence-electron chi connectivity index (χ4n) is 1.66. The number of aryl methyl sites for hydroxylation is 1. The largest absolute Gasteiger partial charge is 0.493 e. The monoisotopic (exact) mass is 208 g/mol. The van der Waals surface area contributed by atoms with Crippen molar-refractivity contribution >= 4 is 0 Å². The molecule has 0 radical (unpaired) electrons. The van der Waals surface area contributed by atoms with Crippen molar-refractivity contribution in [3.8, 4) is 11.5 Å². The first-order chi connectivity index (χ1) is 7.13. The summed E-state index contributed by atoms with van der Waals surface area (Å²) in [6.07, 6.45) is 0.958. The van der Waals surface area contributed by atoms with E-state index in [4.69, 9.17) is 9.47 Å². The van der Waals surface area contributed by atoms with Crippen LogP contribution in [-0.2, 0) is 6.42 Å². The van der Waals surface area contributed by atoms with Gasteiger partial charge in [0, 0.05) is 0 Å². The van der Waals surface area contributed by atoms with Gasteiger partial charge in [0.05, 0.1) is 14.2 Å². The highest BCUT2D eigenvalue weighted by atomic mass is 16.5. The predicted molar refractivity (Wildman–Crippen MR) is 63.0 cm³/mol. The van der Waals surface area contributed by atoms with E-state index in [0.29, 0.717) is 5.92 Å². The van der Waals surface area contributed by atoms with Gasteiger partial charge in [0.1, 0.15) is 0 Å². The summed E-state index contributed by atoms with van der Waals surface area (Å²) in [5.41, 5.74) is 2.50. The highest BCUT2D eigenvalue weighted by Crippen LogP contribution is 2.35. The van der Waals surface area contributed by atoms with E-state index in [9.17, 15) is 0 Å². The lowest BCUT2D eigenvalue weighted by atomic mass is 9.98. The molecule has 0 unspecified atom stereocenters. The van der Waals surface area contributed by atoms with Gasteiger partial charge in [-0.15, -0.1) is 0 Å². The summed E-state index contributed by atoms with van der Waals surface area (Å²) in [6.45, 7) is 6.49. The highest BCUT2D eigenvalue weighted by Gasteiger charge is 2.12. The maximum absolute atomic E-state index is 5.37. The maximum Gasteiger partial charge on any atom is 0.163 e. The minimum absolute atomic E-state index is 0.509. The molecule has 0 atom stereocenters.